The number of nitrogens with one attached hydrogen (secondary N) is 1. The second-order valence-corrected chi connectivity index (χ2v) is 6.68. The van der Waals surface area contributed by atoms with E-state index in [9.17, 15) is 0 Å². The summed E-state index contributed by atoms with van der Waals surface area (Å²) in [4.78, 5) is 0. The summed E-state index contributed by atoms with van der Waals surface area (Å²) >= 11 is 0. The summed E-state index contributed by atoms with van der Waals surface area (Å²) in [5.41, 5.74) is 2.72. The smallest absolute Gasteiger partial charge is 0.0720 e. The summed E-state index contributed by atoms with van der Waals surface area (Å²) in [6.07, 6.45) is 0.302. The van der Waals surface area contributed by atoms with Crippen molar-refractivity contribution < 1.29 is 4.74 Å². The summed E-state index contributed by atoms with van der Waals surface area (Å²) in [5.74, 6) is 0.561. The average Bonchev–Trinajstić information content (AvgIpc) is 2.33. The highest BCUT2D eigenvalue weighted by Crippen LogP contribution is 2.12. The van der Waals surface area contributed by atoms with E-state index in [4.69, 9.17) is 4.74 Å². The van der Waals surface area contributed by atoms with Crippen LogP contribution < -0.4 is 5.32 Å². The van der Waals surface area contributed by atoms with Crippen molar-refractivity contribution in [3.05, 3.63) is 35.4 Å². The first-order valence-corrected chi connectivity index (χ1v) is 7.22. The minimum Gasteiger partial charge on any atom is -0.374 e. The van der Waals surface area contributed by atoms with Gasteiger partial charge < -0.3 is 10.1 Å². The van der Waals surface area contributed by atoms with Crippen LogP contribution in [0.25, 0.3) is 0 Å². The van der Waals surface area contributed by atoms with E-state index in [0.29, 0.717) is 18.6 Å². The van der Waals surface area contributed by atoms with Gasteiger partial charge in [0.2, 0.25) is 0 Å². The van der Waals surface area contributed by atoms with Crippen LogP contribution in [0.15, 0.2) is 24.3 Å². The van der Waals surface area contributed by atoms with Gasteiger partial charge in [0.15, 0.2) is 0 Å². The zero-order valence-corrected chi connectivity index (χ0v) is 13.3. The highest BCUT2D eigenvalue weighted by molar-refractivity contribution is 5.23. The first-order chi connectivity index (χ1) is 8.78. The number of hydrogen-bond acceptors (Lipinski definition) is 2. The van der Waals surface area contributed by atoms with Crippen molar-refractivity contribution in [3.63, 3.8) is 0 Å². The van der Waals surface area contributed by atoms with Crippen molar-refractivity contribution in [2.45, 2.75) is 66.3 Å². The maximum atomic E-state index is 5.87. The lowest BCUT2D eigenvalue weighted by Crippen LogP contribution is -2.35. The fourth-order valence-corrected chi connectivity index (χ4v) is 1.62. The molecule has 1 atom stereocenters. The molecule has 0 heterocycles. The topological polar surface area (TPSA) is 21.3 Å². The Morgan fingerprint density at radius 3 is 2.32 bits per heavy atom. The van der Waals surface area contributed by atoms with Crippen LogP contribution in [-0.2, 0) is 17.9 Å². The molecule has 0 spiro atoms. The van der Waals surface area contributed by atoms with Crippen molar-refractivity contribution >= 4 is 0 Å². The average molecular weight is 263 g/mol. The van der Waals surface area contributed by atoms with Crippen molar-refractivity contribution in [3.8, 4) is 0 Å². The molecule has 2 heteroatoms. The van der Waals surface area contributed by atoms with Crippen molar-refractivity contribution in [2.24, 2.45) is 5.92 Å². The fourth-order valence-electron chi connectivity index (χ4n) is 1.62. The third kappa shape index (κ3) is 6.74. The molecule has 0 fully saturated rings. The third-order valence-electron chi connectivity index (χ3n) is 3.27. The van der Waals surface area contributed by atoms with Gasteiger partial charge in [-0.05, 0) is 44.7 Å². The van der Waals surface area contributed by atoms with Crippen molar-refractivity contribution in [1.29, 1.82) is 0 Å². The molecule has 0 aliphatic heterocycles. The molecule has 0 radical (unpaired) electrons. The number of rotatable bonds is 6. The lowest BCUT2D eigenvalue weighted by atomic mass is 10.1. The van der Waals surface area contributed by atoms with Crippen LogP contribution in [0.3, 0.4) is 0 Å². The molecular weight excluding hydrogens is 234 g/mol. The predicted molar refractivity (Wildman–Crippen MR) is 82.1 cm³/mol. The van der Waals surface area contributed by atoms with Crippen LogP contribution in [0.2, 0.25) is 0 Å². The molecule has 0 amide bonds. The molecule has 1 aromatic rings. The SMILES string of the molecule is CC(C)C(C)OCc1cccc(CNC(C)(C)C)c1. The Hall–Kier alpha value is -0.860. The van der Waals surface area contributed by atoms with E-state index in [1.165, 1.54) is 11.1 Å². The molecule has 0 saturated carbocycles. The first-order valence-electron chi connectivity index (χ1n) is 7.22. The van der Waals surface area contributed by atoms with Gasteiger partial charge in [0.05, 0.1) is 12.7 Å². The fraction of sp³-hybridized carbons (Fsp3) is 0.647. The van der Waals surface area contributed by atoms with Gasteiger partial charge in [0, 0.05) is 12.1 Å². The van der Waals surface area contributed by atoms with Crippen LogP contribution in [0.1, 0.15) is 52.7 Å². The van der Waals surface area contributed by atoms with Crippen LogP contribution in [0.5, 0.6) is 0 Å². The summed E-state index contributed by atoms with van der Waals surface area (Å²) < 4.78 is 5.87. The van der Waals surface area contributed by atoms with E-state index in [0.717, 1.165) is 6.54 Å². The van der Waals surface area contributed by atoms with Gasteiger partial charge in [0.1, 0.15) is 0 Å². The molecule has 1 N–H and O–H groups in total. The van der Waals surface area contributed by atoms with E-state index < -0.39 is 0 Å². The Bertz CT molecular complexity index is 379. The van der Waals surface area contributed by atoms with Gasteiger partial charge in [-0.1, -0.05) is 38.1 Å². The third-order valence-corrected chi connectivity index (χ3v) is 3.27. The summed E-state index contributed by atoms with van der Waals surface area (Å²) in [6.45, 7) is 14.7. The largest absolute Gasteiger partial charge is 0.374 e. The van der Waals surface area contributed by atoms with E-state index in [-0.39, 0.29) is 5.54 Å². The van der Waals surface area contributed by atoms with Crippen molar-refractivity contribution in [1.82, 2.24) is 5.32 Å². The maximum absolute atomic E-state index is 5.87. The summed E-state index contributed by atoms with van der Waals surface area (Å²) in [7, 11) is 0. The molecule has 1 aromatic carbocycles. The molecule has 0 saturated heterocycles. The lowest BCUT2D eigenvalue weighted by Gasteiger charge is -2.21. The van der Waals surface area contributed by atoms with Gasteiger partial charge in [-0.25, -0.2) is 0 Å². The standard InChI is InChI=1S/C17H29NO/c1-13(2)14(3)19-12-16-9-7-8-15(10-16)11-18-17(4,5)6/h7-10,13-14,18H,11-12H2,1-6H3. The van der Waals surface area contributed by atoms with Gasteiger partial charge in [-0.3, -0.25) is 0 Å². The first kappa shape index (κ1) is 16.2. The molecule has 1 unspecified atom stereocenters. The highest BCUT2D eigenvalue weighted by Gasteiger charge is 2.09. The van der Waals surface area contributed by atoms with Crippen LogP contribution in [-0.4, -0.2) is 11.6 Å². The molecule has 108 valence electrons. The predicted octanol–water partition coefficient (Wildman–Crippen LogP) is 4.14. The number of ether oxygens (including phenoxy) is 1. The molecular formula is C17H29NO. The lowest BCUT2D eigenvalue weighted by molar-refractivity contribution is 0.0235. The van der Waals surface area contributed by atoms with E-state index in [2.05, 4.69) is 71.1 Å². The minimum atomic E-state index is 0.151. The minimum absolute atomic E-state index is 0.151. The summed E-state index contributed by atoms with van der Waals surface area (Å²) in [6, 6.07) is 8.63. The van der Waals surface area contributed by atoms with Gasteiger partial charge in [0.25, 0.3) is 0 Å². The van der Waals surface area contributed by atoms with Gasteiger partial charge >= 0.3 is 0 Å². The monoisotopic (exact) mass is 263 g/mol. The normalized spacial score (nSPS) is 13.8. The Labute approximate surface area is 118 Å². The van der Waals surface area contributed by atoms with Crippen molar-refractivity contribution in [2.75, 3.05) is 0 Å². The Morgan fingerprint density at radius 1 is 1.11 bits per heavy atom. The number of hydrogen-bond donors (Lipinski definition) is 1. The van der Waals surface area contributed by atoms with Crippen LogP contribution >= 0.6 is 0 Å². The van der Waals surface area contributed by atoms with E-state index in [1.807, 2.05) is 0 Å². The molecule has 2 nitrogen and oxygen atoms in total. The van der Waals surface area contributed by atoms with E-state index in [1.54, 1.807) is 0 Å². The van der Waals surface area contributed by atoms with Gasteiger partial charge in [-0.2, -0.15) is 0 Å². The number of benzene rings is 1. The molecule has 1 rings (SSSR count). The Morgan fingerprint density at radius 2 is 1.74 bits per heavy atom. The maximum Gasteiger partial charge on any atom is 0.0720 e. The molecule has 19 heavy (non-hydrogen) atoms. The molecule has 0 aliphatic rings. The van der Waals surface area contributed by atoms with E-state index >= 15 is 0 Å². The second kappa shape index (κ2) is 7.06. The highest BCUT2D eigenvalue weighted by atomic mass is 16.5. The second-order valence-electron chi connectivity index (χ2n) is 6.68. The zero-order chi connectivity index (χ0) is 14.5. The van der Waals surface area contributed by atoms with Gasteiger partial charge in [-0.15, -0.1) is 0 Å². The zero-order valence-electron chi connectivity index (χ0n) is 13.3. The van der Waals surface area contributed by atoms with Crippen LogP contribution in [0, 0.1) is 5.92 Å². The molecule has 0 aliphatic carbocycles. The Balaban J connectivity index is 2.52. The summed E-state index contributed by atoms with van der Waals surface area (Å²) in [5, 5.41) is 3.51. The molecule has 0 bridgehead atoms. The molecule has 0 aromatic heterocycles. The quantitative estimate of drug-likeness (QED) is 0.833. The Kier molecular flexibility index (Phi) is 6.02. The van der Waals surface area contributed by atoms with Crippen LogP contribution in [0.4, 0.5) is 0 Å².